The summed E-state index contributed by atoms with van der Waals surface area (Å²) in [6, 6.07) is 15.3. The fourth-order valence-electron chi connectivity index (χ4n) is 2.55. The standard InChI is InChI=1S/C18H20FN3/c1-15-6-8-17(9-7-15)21-10-12-22(13-11-21)20-14-16-4-2-3-5-18(16)19/h2-9,14H,10-13H2,1H3. The molecule has 1 aliphatic heterocycles. The van der Waals surface area contributed by atoms with Gasteiger partial charge in [0, 0.05) is 24.3 Å². The number of hydrogen-bond donors (Lipinski definition) is 0. The number of aryl methyl sites for hydroxylation is 1. The van der Waals surface area contributed by atoms with Gasteiger partial charge in [-0.3, -0.25) is 5.01 Å². The first-order valence-corrected chi connectivity index (χ1v) is 7.57. The highest BCUT2D eigenvalue weighted by Gasteiger charge is 2.15. The average molecular weight is 297 g/mol. The van der Waals surface area contributed by atoms with Crippen LogP contribution in [0.25, 0.3) is 0 Å². The zero-order chi connectivity index (χ0) is 15.4. The third-order valence-electron chi connectivity index (χ3n) is 3.92. The summed E-state index contributed by atoms with van der Waals surface area (Å²) >= 11 is 0. The lowest BCUT2D eigenvalue weighted by Gasteiger charge is -2.34. The molecule has 1 heterocycles. The van der Waals surface area contributed by atoms with Crippen LogP contribution in [0.2, 0.25) is 0 Å². The summed E-state index contributed by atoms with van der Waals surface area (Å²) < 4.78 is 13.5. The molecule has 22 heavy (non-hydrogen) atoms. The van der Waals surface area contributed by atoms with Crippen molar-refractivity contribution in [3.8, 4) is 0 Å². The fourth-order valence-corrected chi connectivity index (χ4v) is 2.55. The van der Waals surface area contributed by atoms with Crippen molar-refractivity contribution in [2.75, 3.05) is 31.1 Å². The van der Waals surface area contributed by atoms with Gasteiger partial charge in [-0.25, -0.2) is 4.39 Å². The van der Waals surface area contributed by atoms with E-state index in [0.717, 1.165) is 26.2 Å². The van der Waals surface area contributed by atoms with Gasteiger partial charge >= 0.3 is 0 Å². The van der Waals surface area contributed by atoms with Gasteiger partial charge in [0.2, 0.25) is 0 Å². The molecule has 0 bridgehead atoms. The minimum absolute atomic E-state index is 0.232. The molecule has 114 valence electrons. The van der Waals surface area contributed by atoms with E-state index in [9.17, 15) is 4.39 Å². The molecular formula is C18H20FN3. The molecule has 3 nitrogen and oxygen atoms in total. The topological polar surface area (TPSA) is 18.8 Å². The second-order valence-corrected chi connectivity index (χ2v) is 5.54. The molecule has 0 aromatic heterocycles. The molecule has 2 aromatic carbocycles. The van der Waals surface area contributed by atoms with E-state index in [4.69, 9.17) is 0 Å². The molecule has 0 amide bonds. The number of anilines is 1. The van der Waals surface area contributed by atoms with E-state index in [1.165, 1.54) is 17.3 Å². The molecule has 0 unspecified atom stereocenters. The van der Waals surface area contributed by atoms with Crippen LogP contribution in [0.3, 0.4) is 0 Å². The number of piperazine rings is 1. The molecule has 0 spiro atoms. The van der Waals surface area contributed by atoms with Crippen molar-refractivity contribution in [2.24, 2.45) is 5.10 Å². The molecule has 1 saturated heterocycles. The SMILES string of the molecule is Cc1ccc(N2CCN(N=Cc3ccccc3F)CC2)cc1. The summed E-state index contributed by atoms with van der Waals surface area (Å²) in [7, 11) is 0. The summed E-state index contributed by atoms with van der Waals surface area (Å²) in [5, 5.41) is 6.40. The van der Waals surface area contributed by atoms with Crippen LogP contribution in [0.4, 0.5) is 10.1 Å². The maximum absolute atomic E-state index is 13.5. The van der Waals surface area contributed by atoms with Crippen molar-refractivity contribution in [3.63, 3.8) is 0 Å². The van der Waals surface area contributed by atoms with Gasteiger partial charge in [-0.1, -0.05) is 35.9 Å². The van der Waals surface area contributed by atoms with E-state index in [1.807, 2.05) is 11.1 Å². The number of hydrogen-bond acceptors (Lipinski definition) is 3. The maximum atomic E-state index is 13.5. The number of hydrazone groups is 1. The monoisotopic (exact) mass is 297 g/mol. The summed E-state index contributed by atoms with van der Waals surface area (Å²) in [6.45, 7) is 5.64. The smallest absolute Gasteiger partial charge is 0.132 e. The predicted molar refractivity (Wildman–Crippen MR) is 89.0 cm³/mol. The van der Waals surface area contributed by atoms with Crippen molar-refractivity contribution in [2.45, 2.75) is 6.92 Å². The van der Waals surface area contributed by atoms with Gasteiger partial charge in [0.25, 0.3) is 0 Å². The second-order valence-electron chi connectivity index (χ2n) is 5.54. The molecular weight excluding hydrogens is 277 g/mol. The third kappa shape index (κ3) is 3.45. The molecule has 4 heteroatoms. The largest absolute Gasteiger partial charge is 0.368 e. The predicted octanol–water partition coefficient (Wildman–Crippen LogP) is 3.29. The van der Waals surface area contributed by atoms with E-state index in [0.29, 0.717) is 5.56 Å². The first-order valence-electron chi connectivity index (χ1n) is 7.57. The normalized spacial score (nSPS) is 15.5. The Hall–Kier alpha value is -2.36. The molecule has 0 saturated carbocycles. The van der Waals surface area contributed by atoms with Crippen LogP contribution in [-0.4, -0.2) is 37.4 Å². The molecule has 2 aromatic rings. The molecule has 1 aliphatic rings. The fraction of sp³-hybridized carbons (Fsp3) is 0.278. The minimum atomic E-state index is -0.232. The van der Waals surface area contributed by atoms with E-state index in [1.54, 1.807) is 18.3 Å². The molecule has 3 rings (SSSR count). The number of benzene rings is 2. The van der Waals surface area contributed by atoms with Crippen LogP contribution in [0, 0.1) is 12.7 Å². The average Bonchev–Trinajstić information content (AvgIpc) is 2.55. The quantitative estimate of drug-likeness (QED) is 0.810. The lowest BCUT2D eigenvalue weighted by molar-refractivity contribution is 0.272. The van der Waals surface area contributed by atoms with Crippen LogP contribution in [-0.2, 0) is 0 Å². The van der Waals surface area contributed by atoms with Crippen LogP contribution < -0.4 is 4.90 Å². The summed E-state index contributed by atoms with van der Waals surface area (Å²) in [6.07, 6.45) is 1.61. The van der Waals surface area contributed by atoms with Gasteiger partial charge in [-0.2, -0.15) is 5.10 Å². The van der Waals surface area contributed by atoms with Crippen LogP contribution >= 0.6 is 0 Å². The number of nitrogens with zero attached hydrogens (tertiary/aromatic N) is 3. The van der Waals surface area contributed by atoms with E-state index in [2.05, 4.69) is 41.2 Å². The molecule has 0 aliphatic carbocycles. The highest BCUT2D eigenvalue weighted by atomic mass is 19.1. The van der Waals surface area contributed by atoms with Crippen LogP contribution in [0.5, 0.6) is 0 Å². The highest BCUT2D eigenvalue weighted by molar-refractivity contribution is 5.79. The Morgan fingerprint density at radius 1 is 0.955 bits per heavy atom. The maximum Gasteiger partial charge on any atom is 0.132 e. The third-order valence-corrected chi connectivity index (χ3v) is 3.92. The van der Waals surface area contributed by atoms with Gasteiger partial charge in [-0.05, 0) is 25.1 Å². The van der Waals surface area contributed by atoms with E-state index < -0.39 is 0 Å². The molecule has 0 radical (unpaired) electrons. The zero-order valence-corrected chi connectivity index (χ0v) is 12.7. The minimum Gasteiger partial charge on any atom is -0.368 e. The summed E-state index contributed by atoms with van der Waals surface area (Å²) in [5.41, 5.74) is 3.06. The van der Waals surface area contributed by atoms with E-state index >= 15 is 0 Å². The van der Waals surface area contributed by atoms with Gasteiger partial charge < -0.3 is 4.90 Å². The van der Waals surface area contributed by atoms with Crippen molar-refractivity contribution < 1.29 is 4.39 Å². The molecule has 0 atom stereocenters. The van der Waals surface area contributed by atoms with E-state index in [-0.39, 0.29) is 5.82 Å². The highest BCUT2D eigenvalue weighted by Crippen LogP contribution is 2.17. The first kappa shape index (κ1) is 14.6. The van der Waals surface area contributed by atoms with Crippen LogP contribution in [0.1, 0.15) is 11.1 Å². The van der Waals surface area contributed by atoms with Crippen molar-refractivity contribution in [1.82, 2.24) is 5.01 Å². The Morgan fingerprint density at radius 2 is 1.64 bits per heavy atom. The zero-order valence-electron chi connectivity index (χ0n) is 12.7. The number of rotatable bonds is 3. The Morgan fingerprint density at radius 3 is 2.32 bits per heavy atom. The van der Waals surface area contributed by atoms with Gasteiger partial charge in [0.05, 0.1) is 19.3 Å². The Bertz CT molecular complexity index is 644. The number of halogens is 1. The molecule has 0 N–H and O–H groups in total. The van der Waals surface area contributed by atoms with Crippen molar-refractivity contribution >= 4 is 11.9 Å². The first-order chi connectivity index (χ1) is 10.7. The Kier molecular flexibility index (Phi) is 4.37. The summed E-state index contributed by atoms with van der Waals surface area (Å²) in [4.78, 5) is 2.36. The lowest BCUT2D eigenvalue weighted by Crippen LogP contribution is -2.44. The Balaban J connectivity index is 1.58. The molecule has 1 fully saturated rings. The summed E-state index contributed by atoms with van der Waals surface area (Å²) in [5.74, 6) is -0.232. The lowest BCUT2D eigenvalue weighted by atomic mass is 10.2. The van der Waals surface area contributed by atoms with Crippen molar-refractivity contribution in [3.05, 3.63) is 65.5 Å². The van der Waals surface area contributed by atoms with Gasteiger partial charge in [0.1, 0.15) is 5.82 Å². The van der Waals surface area contributed by atoms with Crippen molar-refractivity contribution in [1.29, 1.82) is 0 Å². The Labute approximate surface area is 130 Å². The van der Waals surface area contributed by atoms with Gasteiger partial charge in [0.15, 0.2) is 0 Å². The van der Waals surface area contributed by atoms with Crippen LogP contribution in [0.15, 0.2) is 53.6 Å². The van der Waals surface area contributed by atoms with Gasteiger partial charge in [-0.15, -0.1) is 0 Å². The second kappa shape index (κ2) is 6.60.